The largest absolute Gasteiger partial charge is 0.417 e. The van der Waals surface area contributed by atoms with E-state index in [0.29, 0.717) is 6.07 Å². The Bertz CT molecular complexity index is 1130. The van der Waals surface area contributed by atoms with Crippen LogP contribution in [0.3, 0.4) is 0 Å². The quantitative estimate of drug-likeness (QED) is 0.308. The highest BCUT2D eigenvalue weighted by atomic mass is 35.5. The predicted octanol–water partition coefficient (Wildman–Crippen LogP) is 7.70. The van der Waals surface area contributed by atoms with E-state index in [1.54, 1.807) is 0 Å². The molecule has 2 amide bonds. The molecule has 0 unspecified atom stereocenters. The molecule has 0 aromatic heterocycles. The molecular weight excluding hydrogens is 443 g/mol. The van der Waals surface area contributed by atoms with Crippen LogP contribution in [0.4, 0.5) is 49.5 Å². The SMILES string of the molecule is O=C(Nc1cccc(N=Nc2c(F)cccc2F)c1)Nc1ccc(Cl)c(C(F)(F)F)c1. The number of amides is 2. The Balaban J connectivity index is 1.71. The van der Waals surface area contributed by atoms with Gasteiger partial charge in [-0.05, 0) is 48.5 Å². The first-order chi connectivity index (χ1) is 14.6. The number of hydrogen-bond donors (Lipinski definition) is 2. The van der Waals surface area contributed by atoms with Gasteiger partial charge in [0.15, 0.2) is 17.3 Å². The molecule has 5 nitrogen and oxygen atoms in total. The molecule has 0 radical (unpaired) electrons. The standard InChI is InChI=1S/C20H12ClF5N4O/c21-15-8-7-12(10-14(15)20(24,25)26)28-19(31)27-11-3-1-4-13(9-11)29-30-18-16(22)5-2-6-17(18)23/h1-10H,(H2,27,28,31). The van der Waals surface area contributed by atoms with E-state index in [4.69, 9.17) is 11.6 Å². The zero-order chi connectivity index (χ0) is 22.6. The Hall–Kier alpha value is -3.53. The Morgan fingerprint density at radius 2 is 1.45 bits per heavy atom. The molecule has 0 saturated carbocycles. The molecule has 0 atom stereocenters. The topological polar surface area (TPSA) is 65.8 Å². The third-order valence-electron chi connectivity index (χ3n) is 3.84. The van der Waals surface area contributed by atoms with E-state index in [-0.39, 0.29) is 17.1 Å². The molecule has 0 fully saturated rings. The van der Waals surface area contributed by atoms with Crippen LogP contribution >= 0.6 is 11.6 Å². The molecule has 0 bridgehead atoms. The number of hydrogen-bond acceptors (Lipinski definition) is 3. The van der Waals surface area contributed by atoms with Gasteiger partial charge in [-0.25, -0.2) is 13.6 Å². The van der Waals surface area contributed by atoms with Gasteiger partial charge >= 0.3 is 12.2 Å². The first-order valence-electron chi connectivity index (χ1n) is 8.54. The highest BCUT2D eigenvalue weighted by Gasteiger charge is 2.33. The Morgan fingerprint density at radius 1 is 0.839 bits per heavy atom. The van der Waals surface area contributed by atoms with Crippen molar-refractivity contribution in [3.8, 4) is 0 Å². The van der Waals surface area contributed by atoms with E-state index in [0.717, 1.165) is 18.2 Å². The molecule has 0 aliphatic rings. The summed E-state index contributed by atoms with van der Waals surface area (Å²) >= 11 is 5.54. The van der Waals surface area contributed by atoms with E-state index < -0.39 is 40.1 Å². The smallest absolute Gasteiger partial charge is 0.308 e. The minimum atomic E-state index is -4.68. The van der Waals surface area contributed by atoms with Gasteiger partial charge < -0.3 is 10.6 Å². The summed E-state index contributed by atoms with van der Waals surface area (Å²) in [7, 11) is 0. The number of nitrogens with zero attached hydrogens (tertiary/aromatic N) is 2. The van der Waals surface area contributed by atoms with E-state index in [9.17, 15) is 26.7 Å². The lowest BCUT2D eigenvalue weighted by molar-refractivity contribution is -0.137. The monoisotopic (exact) mass is 454 g/mol. The maximum Gasteiger partial charge on any atom is 0.417 e. The normalized spacial score (nSPS) is 11.5. The number of azo groups is 1. The van der Waals surface area contributed by atoms with Gasteiger partial charge in [0, 0.05) is 11.4 Å². The molecule has 0 aliphatic heterocycles. The van der Waals surface area contributed by atoms with Crippen molar-refractivity contribution in [2.24, 2.45) is 10.2 Å². The molecule has 0 heterocycles. The molecule has 31 heavy (non-hydrogen) atoms. The van der Waals surface area contributed by atoms with Crippen LogP contribution in [0.2, 0.25) is 5.02 Å². The van der Waals surface area contributed by atoms with Crippen LogP contribution in [0.1, 0.15) is 5.56 Å². The Kier molecular flexibility index (Phi) is 6.50. The maximum atomic E-state index is 13.6. The number of anilines is 2. The number of nitrogens with one attached hydrogen (secondary N) is 2. The highest BCUT2D eigenvalue weighted by Crippen LogP contribution is 2.36. The third kappa shape index (κ3) is 5.76. The van der Waals surface area contributed by atoms with Gasteiger partial charge in [0.1, 0.15) is 0 Å². The summed E-state index contributed by atoms with van der Waals surface area (Å²) in [5.41, 5.74) is -1.39. The first kappa shape index (κ1) is 22.2. The lowest BCUT2D eigenvalue weighted by atomic mass is 10.2. The Morgan fingerprint density at radius 3 is 2.10 bits per heavy atom. The van der Waals surface area contributed by atoms with Gasteiger partial charge in [0.2, 0.25) is 0 Å². The predicted molar refractivity (Wildman–Crippen MR) is 106 cm³/mol. The molecule has 3 rings (SSSR count). The summed E-state index contributed by atoms with van der Waals surface area (Å²) in [6.45, 7) is 0. The van der Waals surface area contributed by atoms with E-state index in [1.165, 1.54) is 36.4 Å². The van der Waals surface area contributed by atoms with E-state index in [2.05, 4.69) is 20.9 Å². The van der Waals surface area contributed by atoms with Gasteiger partial charge in [-0.2, -0.15) is 18.3 Å². The third-order valence-corrected chi connectivity index (χ3v) is 4.17. The van der Waals surface area contributed by atoms with Crippen LogP contribution in [-0.2, 0) is 6.18 Å². The number of urea groups is 1. The van der Waals surface area contributed by atoms with E-state index >= 15 is 0 Å². The molecule has 3 aromatic carbocycles. The molecule has 11 heteroatoms. The zero-order valence-electron chi connectivity index (χ0n) is 15.3. The number of alkyl halides is 3. The van der Waals surface area contributed by atoms with Crippen LogP contribution in [0.15, 0.2) is 70.9 Å². The minimum Gasteiger partial charge on any atom is -0.308 e. The van der Waals surface area contributed by atoms with Gasteiger partial charge in [-0.15, -0.1) is 5.11 Å². The summed E-state index contributed by atoms with van der Waals surface area (Å²) in [5, 5.41) is 11.4. The number of rotatable bonds is 4. The first-order valence-corrected chi connectivity index (χ1v) is 8.92. The summed E-state index contributed by atoms with van der Waals surface area (Å²) < 4.78 is 66.0. The van der Waals surface area contributed by atoms with E-state index in [1.807, 2.05) is 0 Å². The van der Waals surface area contributed by atoms with Crippen molar-refractivity contribution in [3.05, 3.63) is 82.9 Å². The number of carbonyl (C=O) groups is 1. The van der Waals surface area contributed by atoms with Crippen LogP contribution in [-0.4, -0.2) is 6.03 Å². The lowest BCUT2D eigenvalue weighted by Crippen LogP contribution is -2.19. The average Bonchev–Trinajstić information content (AvgIpc) is 2.68. The fraction of sp³-hybridized carbons (Fsp3) is 0.0500. The van der Waals surface area contributed by atoms with Crippen molar-refractivity contribution in [1.29, 1.82) is 0 Å². The second kappa shape index (κ2) is 9.09. The fourth-order valence-corrected chi connectivity index (χ4v) is 2.68. The minimum absolute atomic E-state index is 0.125. The molecular formula is C20H12ClF5N4O. The van der Waals surface area contributed by atoms with Crippen LogP contribution in [0.25, 0.3) is 0 Å². The maximum absolute atomic E-state index is 13.6. The van der Waals surface area contributed by atoms with Crippen molar-refractivity contribution in [2.45, 2.75) is 6.18 Å². The van der Waals surface area contributed by atoms with Crippen molar-refractivity contribution in [3.63, 3.8) is 0 Å². The number of halogens is 6. The van der Waals surface area contributed by atoms with Gasteiger partial charge in [0.25, 0.3) is 0 Å². The zero-order valence-corrected chi connectivity index (χ0v) is 16.1. The molecule has 0 spiro atoms. The molecule has 2 N–H and O–H groups in total. The fourth-order valence-electron chi connectivity index (χ4n) is 2.45. The van der Waals surface area contributed by atoms with Gasteiger partial charge in [0.05, 0.1) is 16.3 Å². The van der Waals surface area contributed by atoms with Crippen LogP contribution in [0, 0.1) is 11.6 Å². The van der Waals surface area contributed by atoms with Crippen molar-refractivity contribution in [2.75, 3.05) is 10.6 Å². The summed E-state index contributed by atoms with van der Waals surface area (Å²) in [5.74, 6) is -1.78. The molecule has 160 valence electrons. The molecule has 0 saturated heterocycles. The lowest BCUT2D eigenvalue weighted by Gasteiger charge is -2.12. The van der Waals surface area contributed by atoms with Crippen molar-refractivity contribution in [1.82, 2.24) is 0 Å². The number of carbonyl (C=O) groups excluding carboxylic acids is 1. The number of benzene rings is 3. The summed E-state index contributed by atoms with van der Waals surface area (Å²) in [6.07, 6.45) is -4.68. The Labute approximate surface area is 177 Å². The second-order valence-corrected chi connectivity index (χ2v) is 6.50. The van der Waals surface area contributed by atoms with Crippen molar-refractivity contribution < 1.29 is 26.7 Å². The van der Waals surface area contributed by atoms with Crippen molar-refractivity contribution >= 4 is 40.4 Å². The average molecular weight is 455 g/mol. The van der Waals surface area contributed by atoms with Gasteiger partial charge in [-0.3, -0.25) is 0 Å². The van der Waals surface area contributed by atoms with Gasteiger partial charge in [-0.1, -0.05) is 23.7 Å². The highest BCUT2D eigenvalue weighted by molar-refractivity contribution is 6.31. The van der Waals surface area contributed by atoms with Crippen LogP contribution < -0.4 is 10.6 Å². The summed E-state index contributed by atoms with van der Waals surface area (Å²) in [4.78, 5) is 12.1. The van der Waals surface area contributed by atoms with Crippen LogP contribution in [0.5, 0.6) is 0 Å². The molecule has 3 aromatic rings. The summed E-state index contributed by atoms with van der Waals surface area (Å²) in [6, 6.07) is 11.1. The molecule has 0 aliphatic carbocycles. The second-order valence-electron chi connectivity index (χ2n) is 6.09.